The van der Waals surface area contributed by atoms with Crippen LogP contribution in [-0.4, -0.2) is 54.1 Å². The van der Waals surface area contributed by atoms with Gasteiger partial charge in [-0.2, -0.15) is 0 Å². The maximum Gasteiger partial charge on any atom is 0.295 e. The molecule has 0 aliphatic carbocycles. The van der Waals surface area contributed by atoms with Crippen molar-refractivity contribution in [1.82, 2.24) is 4.90 Å². The summed E-state index contributed by atoms with van der Waals surface area (Å²) in [6, 6.07) is 13.0. The highest BCUT2D eigenvalue weighted by molar-refractivity contribution is 6.46. The standard InChI is InChI=1S/C21H21ClN2O4/c1-23(2)16-9-5-13(6-10-16)18-17(20(27)21(28)24(18)11-12-25)19(26)14-3-7-15(22)8-4-14/h3-10,18,25-26H,11-12H2,1-2H3/b19-17+. The number of β-amino-alcohol motifs (C(OH)–C–C–N with tert-alkyl or cyclic N) is 1. The Bertz CT molecular complexity index is 920. The second-order valence-corrected chi connectivity index (χ2v) is 7.15. The molecule has 0 bridgehead atoms. The number of nitrogens with zero attached hydrogens (tertiary/aromatic N) is 2. The molecule has 0 radical (unpaired) electrons. The fourth-order valence-electron chi connectivity index (χ4n) is 3.28. The summed E-state index contributed by atoms with van der Waals surface area (Å²) in [5.41, 5.74) is 2.02. The number of benzene rings is 2. The lowest BCUT2D eigenvalue weighted by Crippen LogP contribution is -2.32. The van der Waals surface area contributed by atoms with Gasteiger partial charge in [0.05, 0.1) is 18.2 Å². The van der Waals surface area contributed by atoms with Gasteiger partial charge < -0.3 is 20.0 Å². The van der Waals surface area contributed by atoms with Crippen LogP contribution in [0.2, 0.25) is 5.02 Å². The Morgan fingerprint density at radius 3 is 2.21 bits per heavy atom. The highest BCUT2D eigenvalue weighted by Crippen LogP contribution is 2.39. The number of carbonyl (C=O) groups excluding carboxylic acids is 2. The Balaban J connectivity index is 2.14. The molecule has 0 spiro atoms. The van der Waals surface area contributed by atoms with Crippen LogP contribution in [0.25, 0.3) is 5.76 Å². The van der Waals surface area contributed by atoms with Gasteiger partial charge >= 0.3 is 0 Å². The minimum absolute atomic E-state index is 0.00150. The molecule has 2 N–H and O–H groups in total. The molecule has 1 atom stereocenters. The maximum absolute atomic E-state index is 12.7. The Hall–Kier alpha value is -2.83. The van der Waals surface area contributed by atoms with Crippen molar-refractivity contribution in [3.05, 3.63) is 70.3 Å². The van der Waals surface area contributed by atoms with E-state index in [-0.39, 0.29) is 24.5 Å². The Labute approximate surface area is 168 Å². The van der Waals surface area contributed by atoms with Crippen molar-refractivity contribution < 1.29 is 19.8 Å². The Morgan fingerprint density at radius 1 is 1.07 bits per heavy atom. The van der Waals surface area contributed by atoms with Gasteiger partial charge in [0.2, 0.25) is 0 Å². The van der Waals surface area contributed by atoms with Crippen LogP contribution in [0.5, 0.6) is 0 Å². The van der Waals surface area contributed by atoms with E-state index in [9.17, 15) is 19.8 Å². The average Bonchev–Trinajstić information content (AvgIpc) is 2.93. The minimum Gasteiger partial charge on any atom is -0.507 e. The molecule has 1 saturated heterocycles. The third-order valence-corrected chi connectivity index (χ3v) is 4.98. The van der Waals surface area contributed by atoms with Crippen LogP contribution in [-0.2, 0) is 9.59 Å². The number of anilines is 1. The zero-order chi connectivity index (χ0) is 20.4. The van der Waals surface area contributed by atoms with Crippen molar-refractivity contribution in [2.75, 3.05) is 32.1 Å². The summed E-state index contributed by atoms with van der Waals surface area (Å²) in [4.78, 5) is 28.5. The fourth-order valence-corrected chi connectivity index (χ4v) is 3.41. The van der Waals surface area contributed by atoms with Crippen LogP contribution in [0.15, 0.2) is 54.1 Å². The van der Waals surface area contributed by atoms with Gasteiger partial charge in [-0.15, -0.1) is 0 Å². The molecule has 2 aromatic rings. The first-order valence-electron chi connectivity index (χ1n) is 8.77. The van der Waals surface area contributed by atoms with Gasteiger partial charge in [0.1, 0.15) is 5.76 Å². The van der Waals surface area contributed by atoms with Crippen LogP contribution in [0.3, 0.4) is 0 Å². The quantitative estimate of drug-likeness (QED) is 0.458. The van der Waals surface area contributed by atoms with E-state index in [1.807, 2.05) is 43.3 Å². The molecule has 2 aromatic carbocycles. The number of rotatable bonds is 5. The maximum atomic E-state index is 12.7. The fraction of sp³-hybridized carbons (Fsp3) is 0.238. The van der Waals surface area contributed by atoms with Crippen molar-refractivity contribution in [2.45, 2.75) is 6.04 Å². The summed E-state index contributed by atoms with van der Waals surface area (Å²) in [5, 5.41) is 20.7. The van der Waals surface area contributed by atoms with Crippen LogP contribution < -0.4 is 4.90 Å². The molecule has 28 heavy (non-hydrogen) atoms. The first-order valence-corrected chi connectivity index (χ1v) is 9.15. The highest BCUT2D eigenvalue weighted by Gasteiger charge is 2.45. The van der Waals surface area contributed by atoms with Gasteiger partial charge in [-0.25, -0.2) is 0 Å². The first-order chi connectivity index (χ1) is 13.3. The highest BCUT2D eigenvalue weighted by atomic mass is 35.5. The molecule has 7 heteroatoms. The first kappa shape index (κ1) is 19.9. The molecule has 6 nitrogen and oxygen atoms in total. The number of aliphatic hydroxyl groups is 2. The van der Waals surface area contributed by atoms with Crippen molar-refractivity contribution in [3.63, 3.8) is 0 Å². The number of aliphatic hydroxyl groups excluding tert-OH is 2. The predicted octanol–water partition coefficient (Wildman–Crippen LogP) is 2.82. The number of hydrogen-bond donors (Lipinski definition) is 2. The lowest BCUT2D eigenvalue weighted by atomic mass is 9.95. The Kier molecular flexibility index (Phi) is 5.72. The number of carbonyl (C=O) groups is 2. The molecule has 1 heterocycles. The summed E-state index contributed by atoms with van der Waals surface area (Å²) in [6.45, 7) is -0.303. The smallest absolute Gasteiger partial charge is 0.295 e. The van der Waals surface area contributed by atoms with Crippen molar-refractivity contribution in [3.8, 4) is 0 Å². The summed E-state index contributed by atoms with van der Waals surface area (Å²) >= 11 is 5.90. The summed E-state index contributed by atoms with van der Waals surface area (Å²) in [6.07, 6.45) is 0. The van der Waals surface area contributed by atoms with E-state index in [0.717, 1.165) is 5.69 Å². The lowest BCUT2D eigenvalue weighted by Gasteiger charge is -2.25. The molecule has 0 aromatic heterocycles. The third kappa shape index (κ3) is 3.61. The average molecular weight is 401 g/mol. The van der Waals surface area contributed by atoms with E-state index in [1.54, 1.807) is 24.3 Å². The third-order valence-electron chi connectivity index (χ3n) is 4.72. The summed E-state index contributed by atoms with van der Waals surface area (Å²) < 4.78 is 0. The molecule has 1 fully saturated rings. The normalized spacial score (nSPS) is 18.6. The van der Waals surface area contributed by atoms with Crippen molar-refractivity contribution in [1.29, 1.82) is 0 Å². The zero-order valence-electron chi connectivity index (χ0n) is 15.6. The summed E-state index contributed by atoms with van der Waals surface area (Å²) in [7, 11) is 3.82. The molecule has 1 amide bonds. The number of halogens is 1. The van der Waals surface area contributed by atoms with Crippen LogP contribution in [0.1, 0.15) is 17.2 Å². The number of amides is 1. The second kappa shape index (κ2) is 8.04. The molecule has 1 unspecified atom stereocenters. The van der Waals surface area contributed by atoms with E-state index in [0.29, 0.717) is 16.1 Å². The molecule has 146 valence electrons. The van der Waals surface area contributed by atoms with E-state index >= 15 is 0 Å². The number of likely N-dealkylation sites (tertiary alicyclic amines) is 1. The van der Waals surface area contributed by atoms with Gasteiger partial charge in [-0.3, -0.25) is 9.59 Å². The van der Waals surface area contributed by atoms with Gasteiger partial charge in [-0.1, -0.05) is 23.7 Å². The van der Waals surface area contributed by atoms with Gasteiger partial charge in [0.25, 0.3) is 11.7 Å². The minimum atomic E-state index is -0.779. The number of Topliss-reactive ketones (excluding diaryl/α,β-unsaturated/α-hetero) is 1. The van der Waals surface area contributed by atoms with Gasteiger partial charge in [0, 0.05) is 36.9 Å². The summed E-state index contributed by atoms with van der Waals surface area (Å²) in [5.74, 6) is -1.79. The van der Waals surface area contributed by atoms with Crippen molar-refractivity contribution in [2.24, 2.45) is 0 Å². The Morgan fingerprint density at radius 2 is 1.68 bits per heavy atom. The van der Waals surface area contributed by atoms with Gasteiger partial charge in [0.15, 0.2) is 0 Å². The van der Waals surface area contributed by atoms with Crippen LogP contribution >= 0.6 is 11.6 Å². The van der Waals surface area contributed by atoms with Gasteiger partial charge in [-0.05, 0) is 42.0 Å². The van der Waals surface area contributed by atoms with Crippen LogP contribution in [0, 0.1) is 0 Å². The molecule has 1 aliphatic rings. The molecule has 0 saturated carbocycles. The number of hydrogen-bond acceptors (Lipinski definition) is 5. The monoisotopic (exact) mass is 400 g/mol. The largest absolute Gasteiger partial charge is 0.507 e. The van der Waals surface area contributed by atoms with E-state index in [1.165, 1.54) is 4.90 Å². The SMILES string of the molecule is CN(C)c1ccc(C2/C(=C(\O)c3ccc(Cl)cc3)C(=O)C(=O)N2CCO)cc1. The van der Waals surface area contributed by atoms with E-state index < -0.39 is 17.7 Å². The number of ketones is 1. The molecule has 1 aliphatic heterocycles. The molecular weight excluding hydrogens is 380 g/mol. The lowest BCUT2D eigenvalue weighted by molar-refractivity contribution is -0.140. The van der Waals surface area contributed by atoms with Crippen molar-refractivity contribution >= 4 is 34.7 Å². The van der Waals surface area contributed by atoms with Crippen LogP contribution in [0.4, 0.5) is 5.69 Å². The molecule has 3 rings (SSSR count). The topological polar surface area (TPSA) is 81.1 Å². The van der Waals surface area contributed by atoms with E-state index in [2.05, 4.69) is 0 Å². The predicted molar refractivity (Wildman–Crippen MR) is 108 cm³/mol. The van der Waals surface area contributed by atoms with E-state index in [4.69, 9.17) is 11.6 Å². The zero-order valence-corrected chi connectivity index (χ0v) is 16.3. The second-order valence-electron chi connectivity index (χ2n) is 6.71. The molecular formula is C21H21ClN2O4.